The van der Waals surface area contributed by atoms with E-state index in [9.17, 15) is 5.11 Å². The lowest BCUT2D eigenvalue weighted by atomic mass is 10.1. The van der Waals surface area contributed by atoms with Gasteiger partial charge in [-0.3, -0.25) is 4.90 Å². The summed E-state index contributed by atoms with van der Waals surface area (Å²) in [4.78, 5) is 2.29. The van der Waals surface area contributed by atoms with Gasteiger partial charge in [0.05, 0.1) is 6.10 Å². The second-order valence-corrected chi connectivity index (χ2v) is 7.69. The van der Waals surface area contributed by atoms with Crippen molar-refractivity contribution in [3.05, 3.63) is 95.1 Å². The summed E-state index contributed by atoms with van der Waals surface area (Å²) in [6.07, 6.45) is 0.212. The fourth-order valence-electron chi connectivity index (χ4n) is 3.68. The number of aliphatic hydroxyl groups excluding tert-OH is 1. The van der Waals surface area contributed by atoms with E-state index < -0.39 is 6.10 Å². The fourth-order valence-corrected chi connectivity index (χ4v) is 3.68. The summed E-state index contributed by atoms with van der Waals surface area (Å²) in [6, 6.07) is 24.8. The minimum absolute atomic E-state index is 0.279. The predicted octanol–water partition coefficient (Wildman–Crippen LogP) is 4.33. The highest BCUT2D eigenvalue weighted by Crippen LogP contribution is 2.33. The molecule has 0 amide bonds. The molecule has 0 unspecified atom stereocenters. The topological polar surface area (TPSA) is 41.9 Å². The Morgan fingerprint density at radius 2 is 1.52 bits per heavy atom. The van der Waals surface area contributed by atoms with E-state index in [1.165, 1.54) is 11.1 Å². The molecule has 3 aromatic rings. The molecular weight excluding hydrogens is 362 g/mol. The van der Waals surface area contributed by atoms with Gasteiger partial charge in [0.2, 0.25) is 6.79 Å². The van der Waals surface area contributed by atoms with Crippen molar-refractivity contribution in [2.24, 2.45) is 0 Å². The number of ether oxygens (including phenoxy) is 2. The molecule has 0 fully saturated rings. The Labute approximate surface area is 172 Å². The van der Waals surface area contributed by atoms with Crippen LogP contribution in [0.1, 0.15) is 22.3 Å². The number of fused-ring (bicyclic) bond motifs is 1. The van der Waals surface area contributed by atoms with Gasteiger partial charge in [-0.05, 0) is 42.2 Å². The van der Waals surface area contributed by atoms with Crippen LogP contribution in [0.2, 0.25) is 0 Å². The van der Waals surface area contributed by atoms with Crippen molar-refractivity contribution in [3.8, 4) is 11.5 Å². The highest BCUT2D eigenvalue weighted by atomic mass is 16.7. The number of aryl methyl sites for hydroxylation is 1. The maximum Gasteiger partial charge on any atom is 0.231 e. The molecule has 0 spiro atoms. The van der Waals surface area contributed by atoms with Crippen LogP contribution in [-0.2, 0) is 19.5 Å². The molecule has 29 heavy (non-hydrogen) atoms. The normalized spacial score (nSPS) is 13.6. The summed E-state index contributed by atoms with van der Waals surface area (Å²) in [5.74, 6) is 1.59. The van der Waals surface area contributed by atoms with Crippen LogP contribution in [0.5, 0.6) is 11.5 Å². The fraction of sp³-hybridized carbons (Fsp3) is 0.280. The second-order valence-electron chi connectivity index (χ2n) is 7.69. The number of hydrogen-bond donors (Lipinski definition) is 1. The van der Waals surface area contributed by atoms with E-state index in [2.05, 4.69) is 54.3 Å². The third kappa shape index (κ3) is 5.37. The minimum atomic E-state index is -0.433. The molecule has 1 aliphatic heterocycles. The van der Waals surface area contributed by atoms with Gasteiger partial charge in [-0.2, -0.15) is 0 Å². The van der Waals surface area contributed by atoms with E-state index in [4.69, 9.17) is 9.47 Å². The van der Waals surface area contributed by atoms with Crippen LogP contribution >= 0.6 is 0 Å². The first kappa shape index (κ1) is 19.5. The minimum Gasteiger partial charge on any atom is -0.454 e. The Morgan fingerprint density at radius 3 is 2.31 bits per heavy atom. The Kier molecular flexibility index (Phi) is 6.13. The van der Waals surface area contributed by atoms with E-state index in [1.807, 2.05) is 30.3 Å². The molecule has 1 atom stereocenters. The van der Waals surface area contributed by atoms with E-state index in [0.717, 1.165) is 35.7 Å². The molecule has 0 saturated carbocycles. The molecule has 0 saturated heterocycles. The lowest BCUT2D eigenvalue weighted by Gasteiger charge is -2.25. The average molecular weight is 389 g/mol. The predicted molar refractivity (Wildman–Crippen MR) is 114 cm³/mol. The zero-order valence-corrected chi connectivity index (χ0v) is 16.8. The molecule has 0 aliphatic carbocycles. The van der Waals surface area contributed by atoms with Crippen LogP contribution < -0.4 is 9.47 Å². The lowest BCUT2D eigenvalue weighted by Crippen LogP contribution is -2.33. The van der Waals surface area contributed by atoms with E-state index in [-0.39, 0.29) is 6.79 Å². The SMILES string of the molecule is Cc1ccc(CN(Cc2ccc3c(c2)OCO3)C[C@H](O)Cc2ccccc2)cc1. The van der Waals surface area contributed by atoms with Gasteiger partial charge in [0.15, 0.2) is 11.5 Å². The van der Waals surface area contributed by atoms with Crippen LogP contribution in [0.3, 0.4) is 0 Å². The third-order valence-electron chi connectivity index (χ3n) is 5.15. The van der Waals surface area contributed by atoms with Crippen molar-refractivity contribution in [1.82, 2.24) is 4.90 Å². The van der Waals surface area contributed by atoms with Gasteiger partial charge < -0.3 is 14.6 Å². The zero-order chi connectivity index (χ0) is 20.1. The van der Waals surface area contributed by atoms with Crippen molar-refractivity contribution < 1.29 is 14.6 Å². The average Bonchev–Trinajstić information content (AvgIpc) is 3.18. The van der Waals surface area contributed by atoms with Crippen LogP contribution in [0.15, 0.2) is 72.8 Å². The summed E-state index contributed by atoms with van der Waals surface area (Å²) >= 11 is 0. The molecule has 4 nitrogen and oxygen atoms in total. The first-order valence-corrected chi connectivity index (χ1v) is 10.0. The van der Waals surface area contributed by atoms with Crippen LogP contribution in [0.4, 0.5) is 0 Å². The highest BCUT2D eigenvalue weighted by molar-refractivity contribution is 5.44. The number of nitrogens with zero attached hydrogens (tertiary/aromatic N) is 1. The lowest BCUT2D eigenvalue weighted by molar-refractivity contribution is 0.104. The molecular formula is C25H27NO3. The third-order valence-corrected chi connectivity index (χ3v) is 5.15. The van der Waals surface area contributed by atoms with Crippen molar-refractivity contribution in [1.29, 1.82) is 0 Å². The number of benzene rings is 3. The Bertz CT molecular complexity index is 925. The smallest absolute Gasteiger partial charge is 0.231 e. The summed E-state index contributed by atoms with van der Waals surface area (Å²) in [5, 5.41) is 10.7. The van der Waals surface area contributed by atoms with Crippen LogP contribution in [0.25, 0.3) is 0 Å². The van der Waals surface area contributed by atoms with Crippen LogP contribution in [0, 0.1) is 6.92 Å². The Morgan fingerprint density at radius 1 is 0.828 bits per heavy atom. The summed E-state index contributed by atoms with van der Waals surface area (Å²) in [6.45, 7) is 4.48. The number of rotatable bonds is 8. The Hall–Kier alpha value is -2.82. The van der Waals surface area contributed by atoms with Gasteiger partial charge in [-0.25, -0.2) is 0 Å². The maximum atomic E-state index is 10.7. The zero-order valence-electron chi connectivity index (χ0n) is 16.8. The summed E-state index contributed by atoms with van der Waals surface area (Å²) < 4.78 is 10.9. The Balaban J connectivity index is 1.47. The first-order chi connectivity index (χ1) is 14.2. The number of hydrogen-bond acceptors (Lipinski definition) is 4. The molecule has 1 aliphatic rings. The molecule has 0 radical (unpaired) electrons. The molecule has 4 heteroatoms. The van der Waals surface area contributed by atoms with Gasteiger partial charge in [0.25, 0.3) is 0 Å². The monoisotopic (exact) mass is 389 g/mol. The summed E-state index contributed by atoms with van der Waals surface area (Å²) in [5.41, 5.74) is 4.79. The van der Waals surface area contributed by atoms with E-state index in [1.54, 1.807) is 0 Å². The van der Waals surface area contributed by atoms with Gasteiger partial charge in [-0.15, -0.1) is 0 Å². The molecule has 4 rings (SSSR count). The maximum absolute atomic E-state index is 10.7. The largest absolute Gasteiger partial charge is 0.454 e. The van der Waals surface area contributed by atoms with E-state index in [0.29, 0.717) is 13.0 Å². The molecule has 1 N–H and O–H groups in total. The van der Waals surface area contributed by atoms with Crippen molar-refractivity contribution in [2.45, 2.75) is 32.5 Å². The van der Waals surface area contributed by atoms with Crippen molar-refractivity contribution >= 4 is 0 Å². The molecule has 150 valence electrons. The summed E-state index contributed by atoms with van der Waals surface area (Å²) in [7, 11) is 0. The van der Waals surface area contributed by atoms with Gasteiger partial charge in [0.1, 0.15) is 0 Å². The molecule has 1 heterocycles. The first-order valence-electron chi connectivity index (χ1n) is 10.0. The van der Waals surface area contributed by atoms with Gasteiger partial charge >= 0.3 is 0 Å². The quantitative estimate of drug-likeness (QED) is 0.623. The second kappa shape index (κ2) is 9.12. The molecule has 0 bridgehead atoms. The van der Waals surface area contributed by atoms with Gasteiger partial charge in [-0.1, -0.05) is 66.2 Å². The van der Waals surface area contributed by atoms with Gasteiger partial charge in [0, 0.05) is 19.6 Å². The highest BCUT2D eigenvalue weighted by Gasteiger charge is 2.17. The standard InChI is InChI=1S/C25H27NO3/c1-19-7-9-21(10-8-19)15-26(17-23(27)13-20-5-3-2-4-6-20)16-22-11-12-24-25(14-22)29-18-28-24/h2-12,14,23,27H,13,15-18H2,1H3/t23-/m1/s1. The molecule has 0 aromatic heterocycles. The van der Waals surface area contributed by atoms with E-state index >= 15 is 0 Å². The van der Waals surface area contributed by atoms with Crippen LogP contribution in [-0.4, -0.2) is 29.4 Å². The van der Waals surface area contributed by atoms with Crippen molar-refractivity contribution in [3.63, 3.8) is 0 Å². The number of aliphatic hydroxyl groups is 1. The van der Waals surface area contributed by atoms with Crippen molar-refractivity contribution in [2.75, 3.05) is 13.3 Å². The molecule has 3 aromatic carbocycles.